The SMILES string of the molecule is O=C(NCCOCc1ccc(OC(F)(F)F)cc1)c1cc([N+](=O)[O-])cc([N+](=O)[O-])c1. The summed E-state index contributed by atoms with van der Waals surface area (Å²) >= 11 is 0. The molecule has 0 aliphatic rings. The number of hydrogen-bond acceptors (Lipinski definition) is 7. The first kappa shape index (κ1) is 22.5. The Kier molecular flexibility index (Phi) is 7.25. The van der Waals surface area contributed by atoms with E-state index < -0.39 is 33.5 Å². The van der Waals surface area contributed by atoms with Crippen LogP contribution in [0.5, 0.6) is 5.75 Å². The third-order valence-electron chi connectivity index (χ3n) is 3.54. The number of nitrogens with zero attached hydrogens (tertiary/aromatic N) is 2. The topological polar surface area (TPSA) is 134 Å². The number of benzene rings is 2. The predicted octanol–water partition coefficient (Wildman–Crippen LogP) is 3.35. The fourth-order valence-corrected chi connectivity index (χ4v) is 2.25. The molecule has 160 valence electrons. The van der Waals surface area contributed by atoms with Crippen LogP contribution in [0.15, 0.2) is 42.5 Å². The van der Waals surface area contributed by atoms with E-state index in [1.165, 1.54) is 12.1 Å². The number of hydrogen-bond donors (Lipinski definition) is 1. The van der Waals surface area contributed by atoms with Crippen LogP contribution in [0.2, 0.25) is 0 Å². The Labute approximate surface area is 166 Å². The van der Waals surface area contributed by atoms with Crippen molar-refractivity contribution in [2.45, 2.75) is 13.0 Å². The van der Waals surface area contributed by atoms with Crippen LogP contribution in [0.3, 0.4) is 0 Å². The summed E-state index contributed by atoms with van der Waals surface area (Å²) < 4.78 is 45.3. The minimum atomic E-state index is -4.78. The first-order valence-electron chi connectivity index (χ1n) is 8.19. The number of nitro groups is 2. The second kappa shape index (κ2) is 9.65. The summed E-state index contributed by atoms with van der Waals surface area (Å²) in [5, 5.41) is 24.1. The zero-order valence-corrected chi connectivity index (χ0v) is 15.0. The molecule has 2 aromatic rings. The molecular weight excluding hydrogens is 415 g/mol. The van der Waals surface area contributed by atoms with Gasteiger partial charge in [0.05, 0.1) is 34.7 Å². The highest BCUT2D eigenvalue weighted by molar-refractivity contribution is 5.95. The molecule has 13 heteroatoms. The molecule has 0 spiro atoms. The maximum atomic E-state index is 12.1. The monoisotopic (exact) mass is 429 g/mol. The number of halogens is 3. The summed E-state index contributed by atoms with van der Waals surface area (Å²) in [6.07, 6.45) is -4.78. The van der Waals surface area contributed by atoms with Crippen molar-refractivity contribution < 1.29 is 37.3 Å². The second-order valence-corrected chi connectivity index (χ2v) is 5.75. The highest BCUT2D eigenvalue weighted by Gasteiger charge is 2.30. The van der Waals surface area contributed by atoms with E-state index in [9.17, 15) is 38.2 Å². The number of carbonyl (C=O) groups excluding carboxylic acids is 1. The lowest BCUT2D eigenvalue weighted by Crippen LogP contribution is -2.27. The van der Waals surface area contributed by atoms with Gasteiger partial charge in [-0.3, -0.25) is 25.0 Å². The molecular formula is C17H14F3N3O7. The number of ether oxygens (including phenoxy) is 2. The summed E-state index contributed by atoms with van der Waals surface area (Å²) in [5.41, 5.74) is -0.881. The van der Waals surface area contributed by atoms with Crippen LogP contribution in [0, 0.1) is 20.2 Å². The lowest BCUT2D eigenvalue weighted by Gasteiger charge is -2.10. The van der Waals surface area contributed by atoms with E-state index in [0.29, 0.717) is 5.56 Å². The Morgan fingerprint density at radius 2 is 1.57 bits per heavy atom. The van der Waals surface area contributed by atoms with Crippen LogP contribution in [-0.2, 0) is 11.3 Å². The minimum absolute atomic E-state index is 0.00933. The molecule has 1 N–H and O–H groups in total. The van der Waals surface area contributed by atoms with Crippen molar-refractivity contribution in [3.63, 3.8) is 0 Å². The highest BCUT2D eigenvalue weighted by Crippen LogP contribution is 2.23. The first-order valence-corrected chi connectivity index (χ1v) is 8.19. The molecule has 10 nitrogen and oxygen atoms in total. The van der Waals surface area contributed by atoms with Gasteiger partial charge in [0.15, 0.2) is 0 Å². The molecule has 2 aromatic carbocycles. The van der Waals surface area contributed by atoms with Gasteiger partial charge in [0.25, 0.3) is 17.3 Å². The van der Waals surface area contributed by atoms with Crippen molar-refractivity contribution in [3.8, 4) is 5.75 Å². The molecule has 0 radical (unpaired) electrons. The molecule has 0 unspecified atom stereocenters. The number of alkyl halides is 3. The Balaban J connectivity index is 1.82. The van der Waals surface area contributed by atoms with Crippen molar-refractivity contribution >= 4 is 17.3 Å². The Morgan fingerprint density at radius 3 is 2.07 bits per heavy atom. The van der Waals surface area contributed by atoms with Crippen molar-refractivity contribution in [1.29, 1.82) is 0 Å². The average molecular weight is 429 g/mol. The lowest BCUT2D eigenvalue weighted by atomic mass is 10.1. The van der Waals surface area contributed by atoms with Crippen LogP contribution in [0.4, 0.5) is 24.5 Å². The van der Waals surface area contributed by atoms with E-state index in [1.54, 1.807) is 0 Å². The van der Waals surface area contributed by atoms with E-state index in [2.05, 4.69) is 10.1 Å². The zero-order valence-electron chi connectivity index (χ0n) is 15.0. The first-order chi connectivity index (χ1) is 14.0. The van der Waals surface area contributed by atoms with Crippen LogP contribution in [0.1, 0.15) is 15.9 Å². The summed E-state index contributed by atoms with van der Waals surface area (Å²) in [6.45, 7) is 0.0542. The van der Waals surface area contributed by atoms with Gasteiger partial charge in [-0.05, 0) is 17.7 Å². The minimum Gasteiger partial charge on any atom is -0.406 e. The molecule has 0 saturated heterocycles. The van der Waals surface area contributed by atoms with Gasteiger partial charge in [-0.2, -0.15) is 0 Å². The molecule has 30 heavy (non-hydrogen) atoms. The Morgan fingerprint density at radius 1 is 1.00 bits per heavy atom. The number of rotatable bonds is 9. The molecule has 2 rings (SSSR count). The smallest absolute Gasteiger partial charge is 0.406 e. The summed E-state index contributed by atoms with van der Waals surface area (Å²) in [6, 6.07) is 7.57. The quantitative estimate of drug-likeness (QED) is 0.367. The molecule has 0 fully saturated rings. The lowest BCUT2D eigenvalue weighted by molar-refractivity contribution is -0.394. The molecule has 0 saturated carbocycles. The van der Waals surface area contributed by atoms with Crippen molar-refractivity contribution in [2.24, 2.45) is 0 Å². The molecule has 0 aromatic heterocycles. The van der Waals surface area contributed by atoms with Crippen molar-refractivity contribution in [2.75, 3.05) is 13.2 Å². The van der Waals surface area contributed by atoms with Gasteiger partial charge in [-0.25, -0.2) is 0 Å². The van der Waals surface area contributed by atoms with Gasteiger partial charge in [-0.15, -0.1) is 13.2 Å². The normalized spacial score (nSPS) is 11.0. The molecule has 0 aliphatic heterocycles. The Hall–Kier alpha value is -3.74. The third kappa shape index (κ3) is 7.01. The van der Waals surface area contributed by atoms with E-state index in [0.717, 1.165) is 30.3 Å². The van der Waals surface area contributed by atoms with Crippen LogP contribution < -0.4 is 10.1 Å². The van der Waals surface area contributed by atoms with E-state index in [4.69, 9.17) is 4.74 Å². The fourth-order valence-electron chi connectivity index (χ4n) is 2.25. The number of carbonyl (C=O) groups is 1. The maximum absolute atomic E-state index is 12.1. The number of nitro benzene ring substituents is 2. The molecule has 0 heterocycles. The zero-order chi connectivity index (χ0) is 22.3. The van der Waals surface area contributed by atoms with Crippen LogP contribution in [0.25, 0.3) is 0 Å². The summed E-state index contributed by atoms with van der Waals surface area (Å²) in [5.74, 6) is -1.14. The van der Waals surface area contributed by atoms with Gasteiger partial charge >= 0.3 is 6.36 Å². The van der Waals surface area contributed by atoms with Crippen molar-refractivity contribution in [3.05, 3.63) is 73.8 Å². The second-order valence-electron chi connectivity index (χ2n) is 5.75. The predicted molar refractivity (Wildman–Crippen MR) is 94.9 cm³/mol. The number of nitrogens with one attached hydrogen (secondary N) is 1. The van der Waals surface area contributed by atoms with Gasteiger partial charge < -0.3 is 14.8 Å². The largest absolute Gasteiger partial charge is 0.573 e. The molecule has 0 aliphatic carbocycles. The van der Waals surface area contributed by atoms with Gasteiger partial charge in [0.1, 0.15) is 5.75 Å². The van der Waals surface area contributed by atoms with E-state index in [-0.39, 0.29) is 31.1 Å². The molecule has 0 atom stereocenters. The highest BCUT2D eigenvalue weighted by atomic mass is 19.4. The van der Waals surface area contributed by atoms with Gasteiger partial charge in [0, 0.05) is 18.7 Å². The average Bonchev–Trinajstić information content (AvgIpc) is 2.67. The van der Waals surface area contributed by atoms with Crippen LogP contribution >= 0.6 is 0 Å². The van der Waals surface area contributed by atoms with Gasteiger partial charge in [0.2, 0.25) is 0 Å². The van der Waals surface area contributed by atoms with Crippen LogP contribution in [-0.4, -0.2) is 35.3 Å². The molecule has 1 amide bonds. The number of non-ortho nitro benzene ring substituents is 2. The van der Waals surface area contributed by atoms with Gasteiger partial charge in [-0.1, -0.05) is 12.1 Å². The van der Waals surface area contributed by atoms with Crippen molar-refractivity contribution in [1.82, 2.24) is 5.32 Å². The molecule has 0 bridgehead atoms. The maximum Gasteiger partial charge on any atom is 0.573 e. The van der Waals surface area contributed by atoms with E-state index in [1.807, 2.05) is 0 Å². The summed E-state index contributed by atoms with van der Waals surface area (Å²) in [4.78, 5) is 32.0. The Bertz CT molecular complexity index is 901. The third-order valence-corrected chi connectivity index (χ3v) is 3.54. The summed E-state index contributed by atoms with van der Waals surface area (Å²) in [7, 11) is 0. The van der Waals surface area contributed by atoms with E-state index >= 15 is 0 Å². The number of amides is 1. The fraction of sp³-hybridized carbons (Fsp3) is 0.235. The standard InChI is InChI=1S/C17H14F3N3O7/c18-17(19,20)30-15-3-1-11(2-4-15)10-29-6-5-21-16(24)12-7-13(22(25)26)9-14(8-12)23(27)28/h1-4,7-9H,5-6,10H2,(H,21,24).